The maximum absolute atomic E-state index is 5.38. The van der Waals surface area contributed by atoms with Gasteiger partial charge < -0.3 is 10.1 Å². The average Bonchev–Trinajstić information content (AvgIpc) is 3.19. The first kappa shape index (κ1) is 16.1. The fraction of sp³-hybridized carbons (Fsp3) is 0.278. The van der Waals surface area contributed by atoms with Crippen LogP contribution in [0.2, 0.25) is 0 Å². The summed E-state index contributed by atoms with van der Waals surface area (Å²) in [7, 11) is 0. The van der Waals surface area contributed by atoms with E-state index in [-0.39, 0.29) is 0 Å². The highest BCUT2D eigenvalue weighted by atomic mass is 32.1. The van der Waals surface area contributed by atoms with Crippen molar-refractivity contribution in [3.05, 3.63) is 53.7 Å². The summed E-state index contributed by atoms with van der Waals surface area (Å²) in [5.74, 6) is 1.55. The van der Waals surface area contributed by atoms with Crippen molar-refractivity contribution in [1.29, 1.82) is 0 Å². The van der Waals surface area contributed by atoms with E-state index in [0.29, 0.717) is 0 Å². The van der Waals surface area contributed by atoms with Crippen molar-refractivity contribution in [2.45, 2.75) is 6.54 Å². The molecule has 7 heteroatoms. The van der Waals surface area contributed by atoms with E-state index in [1.807, 2.05) is 35.8 Å². The summed E-state index contributed by atoms with van der Waals surface area (Å²) >= 11 is 1.58. The summed E-state index contributed by atoms with van der Waals surface area (Å²) in [6.45, 7) is 4.50. The van der Waals surface area contributed by atoms with Gasteiger partial charge in [-0.2, -0.15) is 0 Å². The molecule has 0 bridgehead atoms. The predicted molar refractivity (Wildman–Crippen MR) is 99.0 cm³/mol. The Balaban J connectivity index is 1.42. The zero-order valence-corrected chi connectivity index (χ0v) is 14.6. The molecule has 6 nitrogen and oxygen atoms in total. The second kappa shape index (κ2) is 7.69. The second-order valence-electron chi connectivity index (χ2n) is 5.81. The Morgan fingerprint density at radius 3 is 2.76 bits per heavy atom. The van der Waals surface area contributed by atoms with Crippen LogP contribution in [-0.4, -0.2) is 46.2 Å². The molecule has 128 valence electrons. The lowest BCUT2D eigenvalue weighted by atomic mass is 10.2. The Labute approximate surface area is 150 Å². The lowest BCUT2D eigenvalue weighted by molar-refractivity contribution is 0.0341. The number of thiazole rings is 1. The van der Waals surface area contributed by atoms with Gasteiger partial charge in [0.2, 0.25) is 0 Å². The number of hydrogen-bond acceptors (Lipinski definition) is 7. The van der Waals surface area contributed by atoms with E-state index in [4.69, 9.17) is 4.74 Å². The van der Waals surface area contributed by atoms with Crippen molar-refractivity contribution in [1.82, 2.24) is 19.9 Å². The number of aromatic nitrogens is 3. The third kappa shape index (κ3) is 4.19. The summed E-state index contributed by atoms with van der Waals surface area (Å²) in [6.07, 6.45) is 3.71. The van der Waals surface area contributed by atoms with Crippen LogP contribution < -0.4 is 5.32 Å². The first-order chi connectivity index (χ1) is 12.4. The minimum Gasteiger partial charge on any atom is -0.379 e. The van der Waals surface area contributed by atoms with Crippen molar-refractivity contribution in [2.75, 3.05) is 31.6 Å². The second-order valence-corrected chi connectivity index (χ2v) is 6.71. The van der Waals surface area contributed by atoms with Gasteiger partial charge in [-0.15, -0.1) is 11.3 Å². The Kier molecular flexibility index (Phi) is 4.96. The summed E-state index contributed by atoms with van der Waals surface area (Å²) in [6, 6.07) is 9.96. The molecule has 0 unspecified atom stereocenters. The minimum absolute atomic E-state index is 0.765. The monoisotopic (exact) mass is 353 g/mol. The van der Waals surface area contributed by atoms with Gasteiger partial charge in [0.15, 0.2) is 0 Å². The molecule has 25 heavy (non-hydrogen) atoms. The zero-order valence-electron chi connectivity index (χ0n) is 13.8. The Bertz CT molecular complexity index is 801. The number of hydrogen-bond donors (Lipinski definition) is 1. The first-order valence-corrected chi connectivity index (χ1v) is 9.14. The number of morpholine rings is 1. The summed E-state index contributed by atoms with van der Waals surface area (Å²) in [5.41, 5.74) is 2.07. The topological polar surface area (TPSA) is 63.2 Å². The van der Waals surface area contributed by atoms with Gasteiger partial charge in [0.05, 0.1) is 13.2 Å². The third-order valence-corrected chi connectivity index (χ3v) is 4.79. The summed E-state index contributed by atoms with van der Waals surface area (Å²) < 4.78 is 5.38. The van der Waals surface area contributed by atoms with Crippen molar-refractivity contribution in [3.63, 3.8) is 0 Å². The maximum atomic E-state index is 5.38. The average molecular weight is 353 g/mol. The molecule has 1 N–H and O–H groups in total. The number of nitrogens with one attached hydrogen (secondary N) is 1. The van der Waals surface area contributed by atoms with E-state index in [1.54, 1.807) is 17.5 Å². The largest absolute Gasteiger partial charge is 0.379 e. The van der Waals surface area contributed by atoms with Gasteiger partial charge in [-0.25, -0.2) is 15.0 Å². The van der Waals surface area contributed by atoms with Gasteiger partial charge in [0.1, 0.15) is 22.3 Å². The van der Waals surface area contributed by atoms with Crippen LogP contribution in [0.5, 0.6) is 0 Å². The number of nitrogens with zero attached hydrogens (tertiary/aromatic N) is 4. The van der Waals surface area contributed by atoms with Gasteiger partial charge >= 0.3 is 0 Å². The molecule has 0 aliphatic carbocycles. The minimum atomic E-state index is 0.765. The number of pyridine rings is 2. The first-order valence-electron chi connectivity index (χ1n) is 8.26. The molecule has 1 aliphatic heterocycles. The van der Waals surface area contributed by atoms with E-state index in [1.165, 1.54) is 5.56 Å². The Hall–Kier alpha value is -2.35. The fourth-order valence-corrected chi connectivity index (χ4v) is 3.32. The normalized spacial score (nSPS) is 15.2. The lowest BCUT2D eigenvalue weighted by Gasteiger charge is -2.26. The molecule has 1 fully saturated rings. The van der Waals surface area contributed by atoms with Crippen LogP contribution in [-0.2, 0) is 11.3 Å². The highest BCUT2D eigenvalue weighted by Crippen LogP contribution is 2.22. The fourth-order valence-electron chi connectivity index (χ4n) is 2.71. The van der Waals surface area contributed by atoms with Crippen LogP contribution in [0.4, 0.5) is 11.6 Å². The van der Waals surface area contributed by atoms with Gasteiger partial charge in [0, 0.05) is 37.4 Å². The SMILES string of the molecule is c1cc(Nc2ccc(CN3CCOCC3)cn2)nc(-c2nccs2)c1. The van der Waals surface area contributed by atoms with Crippen LogP contribution in [0.15, 0.2) is 48.1 Å². The Morgan fingerprint density at radius 2 is 2.00 bits per heavy atom. The quantitative estimate of drug-likeness (QED) is 0.760. The molecule has 1 aliphatic rings. The van der Waals surface area contributed by atoms with Crippen LogP contribution in [0.1, 0.15) is 5.56 Å². The van der Waals surface area contributed by atoms with E-state index in [9.17, 15) is 0 Å². The van der Waals surface area contributed by atoms with Crippen molar-refractivity contribution in [3.8, 4) is 10.7 Å². The van der Waals surface area contributed by atoms with E-state index in [0.717, 1.165) is 55.2 Å². The molecule has 0 saturated carbocycles. The van der Waals surface area contributed by atoms with E-state index in [2.05, 4.69) is 31.2 Å². The van der Waals surface area contributed by atoms with Crippen LogP contribution >= 0.6 is 11.3 Å². The molecular formula is C18H19N5OS. The standard InChI is InChI=1S/C18H19N5OS/c1-2-15(18-19-6-11-25-18)21-17(3-1)22-16-5-4-14(12-20-16)13-23-7-9-24-10-8-23/h1-6,11-12H,7-10,13H2,(H,20,21,22). The van der Waals surface area contributed by atoms with Crippen molar-refractivity contribution in [2.24, 2.45) is 0 Å². The number of ether oxygens (including phenoxy) is 1. The van der Waals surface area contributed by atoms with E-state index < -0.39 is 0 Å². The molecule has 3 aromatic rings. The molecule has 1 saturated heterocycles. The Morgan fingerprint density at radius 1 is 1.08 bits per heavy atom. The van der Waals surface area contributed by atoms with Gasteiger partial charge in [-0.3, -0.25) is 4.90 Å². The maximum Gasteiger partial charge on any atom is 0.141 e. The molecular weight excluding hydrogens is 334 g/mol. The highest BCUT2D eigenvalue weighted by Gasteiger charge is 2.11. The van der Waals surface area contributed by atoms with Crippen molar-refractivity contribution < 1.29 is 4.74 Å². The van der Waals surface area contributed by atoms with Gasteiger partial charge in [-0.1, -0.05) is 12.1 Å². The number of rotatable bonds is 5. The summed E-state index contributed by atoms with van der Waals surface area (Å²) in [5, 5.41) is 6.12. The molecule has 3 aromatic heterocycles. The highest BCUT2D eigenvalue weighted by molar-refractivity contribution is 7.13. The molecule has 0 atom stereocenters. The third-order valence-electron chi connectivity index (χ3n) is 3.99. The lowest BCUT2D eigenvalue weighted by Crippen LogP contribution is -2.35. The smallest absolute Gasteiger partial charge is 0.141 e. The molecule has 0 aromatic carbocycles. The zero-order chi connectivity index (χ0) is 16.9. The summed E-state index contributed by atoms with van der Waals surface area (Å²) in [4.78, 5) is 15.8. The molecule has 4 rings (SSSR count). The predicted octanol–water partition coefficient (Wildman–Crippen LogP) is 3.18. The van der Waals surface area contributed by atoms with Crippen LogP contribution in [0.25, 0.3) is 10.7 Å². The number of anilines is 2. The van der Waals surface area contributed by atoms with Crippen LogP contribution in [0.3, 0.4) is 0 Å². The molecule has 0 radical (unpaired) electrons. The van der Waals surface area contributed by atoms with Crippen LogP contribution in [0, 0.1) is 0 Å². The van der Waals surface area contributed by atoms with Gasteiger partial charge in [-0.05, 0) is 23.8 Å². The van der Waals surface area contributed by atoms with Gasteiger partial charge in [0.25, 0.3) is 0 Å². The van der Waals surface area contributed by atoms with Crippen molar-refractivity contribution >= 4 is 23.0 Å². The molecule has 4 heterocycles. The van der Waals surface area contributed by atoms with E-state index >= 15 is 0 Å². The molecule has 0 amide bonds. The molecule has 0 spiro atoms.